The lowest BCUT2D eigenvalue weighted by molar-refractivity contribution is -0.130. The van der Waals surface area contributed by atoms with Gasteiger partial charge in [-0.3, -0.25) is 4.79 Å². The molecule has 0 bridgehead atoms. The highest BCUT2D eigenvalue weighted by molar-refractivity contribution is 7.99. The zero-order valence-electron chi connectivity index (χ0n) is 13.3. The lowest BCUT2D eigenvalue weighted by Gasteiger charge is -2.42. The van der Waals surface area contributed by atoms with E-state index < -0.39 is 0 Å². The molecule has 2 rings (SSSR count). The van der Waals surface area contributed by atoms with E-state index in [0.29, 0.717) is 17.7 Å². The number of rotatable bonds is 4. The minimum absolute atomic E-state index is 0.294. The van der Waals surface area contributed by atoms with Gasteiger partial charge in [0.15, 0.2) is 0 Å². The first-order valence-electron chi connectivity index (χ1n) is 8.10. The summed E-state index contributed by atoms with van der Waals surface area (Å²) in [5.74, 6) is 1.85. The number of amides is 1. The van der Waals surface area contributed by atoms with Crippen LogP contribution in [0.15, 0.2) is 0 Å². The third kappa shape index (κ3) is 4.14. The average Bonchev–Trinajstić information content (AvgIpc) is 2.48. The van der Waals surface area contributed by atoms with Crippen LogP contribution < -0.4 is 0 Å². The molecule has 0 aromatic heterocycles. The molecule has 3 nitrogen and oxygen atoms in total. The van der Waals surface area contributed by atoms with Crippen LogP contribution in [0.4, 0.5) is 0 Å². The molecule has 0 unspecified atom stereocenters. The predicted octanol–water partition coefficient (Wildman–Crippen LogP) is 2.85. The fraction of sp³-hybridized carbons (Fsp3) is 0.938. The Hall–Kier alpha value is -0.220. The minimum atomic E-state index is 0.294. The van der Waals surface area contributed by atoms with Gasteiger partial charge in [0, 0.05) is 32.2 Å². The molecule has 0 aromatic carbocycles. The van der Waals surface area contributed by atoms with Gasteiger partial charge >= 0.3 is 0 Å². The van der Waals surface area contributed by atoms with Gasteiger partial charge in [-0.05, 0) is 50.7 Å². The second-order valence-corrected chi connectivity index (χ2v) is 7.48. The Kier molecular flexibility index (Phi) is 6.21. The topological polar surface area (TPSA) is 23.6 Å². The summed E-state index contributed by atoms with van der Waals surface area (Å²) < 4.78 is 0. The van der Waals surface area contributed by atoms with Crippen molar-refractivity contribution in [1.82, 2.24) is 9.80 Å². The van der Waals surface area contributed by atoms with Crippen LogP contribution in [0.3, 0.4) is 0 Å². The Morgan fingerprint density at radius 2 is 1.75 bits per heavy atom. The first kappa shape index (κ1) is 16.2. The zero-order chi connectivity index (χ0) is 14.5. The van der Waals surface area contributed by atoms with Crippen LogP contribution >= 0.6 is 11.8 Å². The monoisotopic (exact) mass is 298 g/mol. The Labute approximate surface area is 128 Å². The molecule has 0 N–H and O–H groups in total. The molecule has 20 heavy (non-hydrogen) atoms. The molecular weight excluding hydrogens is 268 g/mol. The molecule has 0 spiro atoms. The highest BCUT2D eigenvalue weighted by Gasteiger charge is 2.30. The van der Waals surface area contributed by atoms with Crippen molar-refractivity contribution < 1.29 is 4.79 Å². The third-order valence-electron chi connectivity index (χ3n) is 5.21. The molecule has 2 aliphatic rings. The largest absolute Gasteiger partial charge is 0.342 e. The van der Waals surface area contributed by atoms with Gasteiger partial charge in [-0.1, -0.05) is 6.92 Å². The number of thioether (sulfide) groups is 1. The number of likely N-dealkylation sites (tertiary alicyclic amines) is 1. The molecule has 1 heterocycles. The summed E-state index contributed by atoms with van der Waals surface area (Å²) in [7, 11) is 1.99. The molecular formula is C16H30N2OS. The summed E-state index contributed by atoms with van der Waals surface area (Å²) >= 11 is 1.62. The van der Waals surface area contributed by atoms with Gasteiger partial charge in [0.2, 0.25) is 5.91 Å². The average molecular weight is 298 g/mol. The number of hydrogen-bond acceptors (Lipinski definition) is 3. The van der Waals surface area contributed by atoms with Gasteiger partial charge in [0.25, 0.3) is 0 Å². The zero-order valence-corrected chi connectivity index (χ0v) is 14.1. The molecule has 0 aromatic rings. The van der Waals surface area contributed by atoms with Crippen molar-refractivity contribution in [1.29, 1.82) is 0 Å². The van der Waals surface area contributed by atoms with Crippen LogP contribution in [0.2, 0.25) is 0 Å². The van der Waals surface area contributed by atoms with Crippen LogP contribution in [0.25, 0.3) is 0 Å². The molecule has 0 radical (unpaired) electrons. The van der Waals surface area contributed by atoms with Crippen molar-refractivity contribution in [3.63, 3.8) is 0 Å². The summed E-state index contributed by atoms with van der Waals surface area (Å²) in [4.78, 5) is 16.6. The molecule has 2 fully saturated rings. The Bertz CT molecular complexity index is 308. The van der Waals surface area contributed by atoms with Gasteiger partial charge in [-0.2, -0.15) is 11.8 Å². The van der Waals surface area contributed by atoms with E-state index in [1.807, 2.05) is 18.2 Å². The first-order chi connectivity index (χ1) is 9.61. The van der Waals surface area contributed by atoms with E-state index in [1.54, 1.807) is 11.8 Å². The quantitative estimate of drug-likeness (QED) is 0.797. The lowest BCUT2D eigenvalue weighted by atomic mass is 9.85. The molecule has 116 valence electrons. The summed E-state index contributed by atoms with van der Waals surface area (Å²) in [6.07, 6.45) is 9.87. The molecule has 1 saturated heterocycles. The van der Waals surface area contributed by atoms with E-state index in [9.17, 15) is 4.79 Å². The second-order valence-electron chi connectivity index (χ2n) is 6.62. The Balaban J connectivity index is 1.76. The molecule has 1 amide bonds. The van der Waals surface area contributed by atoms with Crippen molar-refractivity contribution in [3.8, 4) is 0 Å². The van der Waals surface area contributed by atoms with Crippen molar-refractivity contribution in [2.75, 3.05) is 32.1 Å². The van der Waals surface area contributed by atoms with E-state index in [2.05, 4.69) is 11.8 Å². The van der Waals surface area contributed by atoms with E-state index in [0.717, 1.165) is 24.8 Å². The number of nitrogens with zero attached hydrogens (tertiary/aromatic N) is 2. The number of piperidine rings is 1. The normalized spacial score (nSPS) is 29.4. The van der Waals surface area contributed by atoms with Crippen molar-refractivity contribution in [2.45, 2.75) is 57.5 Å². The first-order valence-corrected chi connectivity index (χ1v) is 9.49. The molecule has 1 saturated carbocycles. The van der Waals surface area contributed by atoms with Crippen LogP contribution in [0.1, 0.15) is 45.4 Å². The summed E-state index contributed by atoms with van der Waals surface area (Å²) in [6.45, 7) is 4.75. The highest BCUT2D eigenvalue weighted by atomic mass is 32.2. The van der Waals surface area contributed by atoms with Crippen molar-refractivity contribution in [3.05, 3.63) is 0 Å². The Morgan fingerprint density at radius 3 is 2.30 bits per heavy atom. The maximum Gasteiger partial charge on any atom is 0.232 e. The third-order valence-corrected chi connectivity index (χ3v) is 5.75. The molecule has 0 atom stereocenters. The van der Waals surface area contributed by atoms with Gasteiger partial charge < -0.3 is 9.80 Å². The SMILES string of the molecule is CSCC(=O)N(C)C1CCN(C2CCC(C)CC2)CC1. The van der Waals surface area contributed by atoms with Crippen molar-refractivity contribution in [2.24, 2.45) is 5.92 Å². The summed E-state index contributed by atoms with van der Waals surface area (Å²) in [6, 6.07) is 1.28. The number of carbonyl (C=O) groups excluding carboxylic acids is 1. The summed E-state index contributed by atoms with van der Waals surface area (Å²) in [5.41, 5.74) is 0. The lowest BCUT2D eigenvalue weighted by Crippen LogP contribution is -2.49. The van der Waals surface area contributed by atoms with Gasteiger partial charge in [-0.15, -0.1) is 0 Å². The highest BCUT2D eigenvalue weighted by Crippen LogP contribution is 2.29. The predicted molar refractivity (Wildman–Crippen MR) is 87.2 cm³/mol. The second kappa shape index (κ2) is 7.69. The minimum Gasteiger partial charge on any atom is -0.342 e. The fourth-order valence-corrected chi connectivity index (χ4v) is 4.13. The standard InChI is InChI=1S/C16H30N2OS/c1-13-4-6-15(7-5-13)18-10-8-14(9-11-18)17(2)16(19)12-20-3/h13-15H,4-12H2,1-3H3. The van der Waals surface area contributed by atoms with Crippen LogP contribution in [-0.4, -0.2) is 59.9 Å². The van der Waals surface area contributed by atoms with Crippen molar-refractivity contribution >= 4 is 17.7 Å². The number of hydrogen-bond donors (Lipinski definition) is 0. The van der Waals surface area contributed by atoms with E-state index in [1.165, 1.54) is 38.8 Å². The smallest absolute Gasteiger partial charge is 0.232 e. The van der Waals surface area contributed by atoms with Gasteiger partial charge in [0.1, 0.15) is 0 Å². The fourth-order valence-electron chi connectivity index (χ4n) is 3.67. The van der Waals surface area contributed by atoms with Gasteiger partial charge in [0.05, 0.1) is 5.75 Å². The van der Waals surface area contributed by atoms with E-state index in [-0.39, 0.29) is 0 Å². The molecule has 1 aliphatic carbocycles. The van der Waals surface area contributed by atoms with Gasteiger partial charge in [-0.25, -0.2) is 0 Å². The van der Waals surface area contributed by atoms with Crippen LogP contribution in [0.5, 0.6) is 0 Å². The van der Waals surface area contributed by atoms with Crippen LogP contribution in [0, 0.1) is 5.92 Å². The maximum atomic E-state index is 12.0. The van der Waals surface area contributed by atoms with E-state index in [4.69, 9.17) is 0 Å². The summed E-state index contributed by atoms with van der Waals surface area (Å²) in [5, 5.41) is 0. The van der Waals surface area contributed by atoms with E-state index >= 15 is 0 Å². The maximum absolute atomic E-state index is 12.0. The van der Waals surface area contributed by atoms with Crippen LogP contribution in [-0.2, 0) is 4.79 Å². The number of carbonyl (C=O) groups is 1. The molecule has 4 heteroatoms. The Morgan fingerprint density at radius 1 is 1.15 bits per heavy atom. The molecule has 1 aliphatic heterocycles.